The Balaban J connectivity index is 1.55. The molecule has 0 unspecified atom stereocenters. The van der Waals surface area contributed by atoms with Crippen LogP contribution < -0.4 is 10.6 Å². The standard InChI is InChI=1S/C35H43F2N3O3/c1-4-13-40(14-5-2)35(43)27-16-23(3)15-26(20-27)34(42)39-32(19-24-17-28(36)21-29(37)18-24)33(41)22-38-31-12-8-10-25-9-6-7-11-30(25)31/h6-7,9,11,15-18,20-21,31-33,38,41H,4-5,8,10,12-14,19,22H2,1-3H3,(H,39,42)/t31-,32-,33+/m0/s1. The van der Waals surface area contributed by atoms with Crippen molar-refractivity contribution in [2.75, 3.05) is 19.6 Å². The number of rotatable bonds is 13. The highest BCUT2D eigenvalue weighted by atomic mass is 19.1. The summed E-state index contributed by atoms with van der Waals surface area (Å²) in [4.78, 5) is 28.7. The fourth-order valence-corrected chi connectivity index (χ4v) is 5.96. The van der Waals surface area contributed by atoms with E-state index in [-0.39, 0.29) is 30.5 Å². The Morgan fingerprint density at radius 3 is 2.35 bits per heavy atom. The van der Waals surface area contributed by atoms with Gasteiger partial charge in [-0.25, -0.2) is 8.78 Å². The molecule has 3 N–H and O–H groups in total. The average Bonchev–Trinajstić information content (AvgIpc) is 2.98. The number of fused-ring (bicyclic) bond motifs is 1. The lowest BCUT2D eigenvalue weighted by Crippen LogP contribution is -2.49. The van der Waals surface area contributed by atoms with E-state index in [4.69, 9.17) is 0 Å². The largest absolute Gasteiger partial charge is 0.390 e. The van der Waals surface area contributed by atoms with Crippen LogP contribution in [-0.4, -0.2) is 53.6 Å². The maximum absolute atomic E-state index is 14.0. The van der Waals surface area contributed by atoms with Gasteiger partial charge in [0, 0.05) is 42.9 Å². The molecule has 230 valence electrons. The van der Waals surface area contributed by atoms with Gasteiger partial charge in [0.1, 0.15) is 11.6 Å². The Morgan fingerprint density at radius 2 is 1.65 bits per heavy atom. The number of amides is 2. The van der Waals surface area contributed by atoms with Crippen LogP contribution in [0.3, 0.4) is 0 Å². The topological polar surface area (TPSA) is 81.7 Å². The van der Waals surface area contributed by atoms with Crippen molar-refractivity contribution in [1.29, 1.82) is 0 Å². The summed E-state index contributed by atoms with van der Waals surface area (Å²) in [6, 6.07) is 15.7. The van der Waals surface area contributed by atoms with E-state index in [0.29, 0.717) is 24.2 Å². The smallest absolute Gasteiger partial charge is 0.253 e. The highest BCUT2D eigenvalue weighted by Crippen LogP contribution is 2.29. The molecule has 0 heterocycles. The molecule has 2 amide bonds. The Bertz CT molecular complexity index is 1390. The number of aryl methyl sites for hydroxylation is 2. The lowest BCUT2D eigenvalue weighted by atomic mass is 9.87. The molecule has 0 aromatic heterocycles. The maximum Gasteiger partial charge on any atom is 0.253 e. The molecule has 0 spiro atoms. The Morgan fingerprint density at radius 1 is 0.977 bits per heavy atom. The van der Waals surface area contributed by atoms with Gasteiger partial charge in [-0.05, 0) is 98.0 Å². The number of hydrogen-bond donors (Lipinski definition) is 3. The van der Waals surface area contributed by atoms with Crippen LogP contribution in [0.4, 0.5) is 8.78 Å². The van der Waals surface area contributed by atoms with Gasteiger partial charge in [-0.15, -0.1) is 0 Å². The van der Waals surface area contributed by atoms with Gasteiger partial charge in [-0.1, -0.05) is 38.1 Å². The number of carbonyl (C=O) groups is 2. The first-order valence-electron chi connectivity index (χ1n) is 15.3. The second-order valence-corrected chi connectivity index (χ2v) is 11.6. The Kier molecular flexibility index (Phi) is 11.4. The number of hydrogen-bond acceptors (Lipinski definition) is 4. The highest BCUT2D eigenvalue weighted by Gasteiger charge is 2.26. The number of carbonyl (C=O) groups excluding carboxylic acids is 2. The van der Waals surface area contributed by atoms with E-state index in [2.05, 4.69) is 22.8 Å². The zero-order chi connectivity index (χ0) is 30.9. The molecule has 0 saturated heterocycles. The van der Waals surface area contributed by atoms with Gasteiger partial charge >= 0.3 is 0 Å². The molecule has 0 aliphatic heterocycles. The Labute approximate surface area is 253 Å². The molecule has 8 heteroatoms. The number of aliphatic hydroxyl groups is 1. The normalized spacial score (nSPS) is 15.8. The van der Waals surface area contributed by atoms with E-state index in [1.165, 1.54) is 23.3 Å². The van der Waals surface area contributed by atoms with Crippen molar-refractivity contribution in [1.82, 2.24) is 15.5 Å². The quantitative estimate of drug-likeness (QED) is 0.231. The van der Waals surface area contributed by atoms with Gasteiger partial charge in [-0.3, -0.25) is 9.59 Å². The lowest BCUT2D eigenvalue weighted by Gasteiger charge is -2.30. The molecule has 0 radical (unpaired) electrons. The minimum atomic E-state index is -1.06. The maximum atomic E-state index is 14.0. The van der Waals surface area contributed by atoms with Crippen molar-refractivity contribution >= 4 is 11.8 Å². The second kappa shape index (κ2) is 15.2. The molecular weight excluding hydrogens is 548 g/mol. The summed E-state index contributed by atoms with van der Waals surface area (Å²) in [6.07, 6.45) is 3.56. The molecule has 6 nitrogen and oxygen atoms in total. The highest BCUT2D eigenvalue weighted by molar-refractivity contribution is 6.00. The van der Waals surface area contributed by atoms with Gasteiger partial charge in [-0.2, -0.15) is 0 Å². The number of nitrogens with one attached hydrogen (secondary N) is 2. The van der Waals surface area contributed by atoms with Crippen LogP contribution in [0, 0.1) is 18.6 Å². The first-order chi connectivity index (χ1) is 20.7. The third-order valence-corrected chi connectivity index (χ3v) is 7.96. The van der Waals surface area contributed by atoms with Gasteiger partial charge in [0.05, 0.1) is 12.1 Å². The summed E-state index contributed by atoms with van der Waals surface area (Å²) < 4.78 is 28.1. The van der Waals surface area contributed by atoms with Crippen molar-refractivity contribution in [3.8, 4) is 0 Å². The van der Waals surface area contributed by atoms with E-state index in [0.717, 1.165) is 43.7 Å². The number of nitrogens with zero attached hydrogens (tertiary/aromatic N) is 1. The molecule has 0 saturated carbocycles. The molecule has 1 aliphatic carbocycles. The van der Waals surface area contributed by atoms with Crippen molar-refractivity contribution < 1.29 is 23.5 Å². The zero-order valence-electron chi connectivity index (χ0n) is 25.3. The van der Waals surface area contributed by atoms with Crippen molar-refractivity contribution in [3.05, 3.63) is 106 Å². The summed E-state index contributed by atoms with van der Waals surface area (Å²) in [5.41, 5.74) is 4.26. The van der Waals surface area contributed by atoms with Crippen LogP contribution >= 0.6 is 0 Å². The van der Waals surface area contributed by atoms with E-state index in [1.807, 2.05) is 32.9 Å². The molecule has 3 aromatic rings. The third kappa shape index (κ3) is 8.71. The van der Waals surface area contributed by atoms with E-state index < -0.39 is 29.7 Å². The summed E-state index contributed by atoms with van der Waals surface area (Å²) in [6.45, 7) is 7.28. The molecule has 1 aliphatic rings. The van der Waals surface area contributed by atoms with Gasteiger partial charge < -0.3 is 20.6 Å². The van der Waals surface area contributed by atoms with Crippen LogP contribution in [0.2, 0.25) is 0 Å². The molecule has 3 aromatic carbocycles. The first-order valence-corrected chi connectivity index (χ1v) is 15.3. The van der Waals surface area contributed by atoms with Crippen LogP contribution in [0.1, 0.15) is 88.5 Å². The molecular formula is C35H43F2N3O3. The van der Waals surface area contributed by atoms with Crippen LogP contribution in [0.15, 0.2) is 60.7 Å². The van der Waals surface area contributed by atoms with Crippen LogP contribution in [-0.2, 0) is 12.8 Å². The summed E-state index contributed by atoms with van der Waals surface area (Å²) in [5.74, 6) is -2.06. The van der Waals surface area contributed by atoms with Gasteiger partial charge in [0.25, 0.3) is 11.8 Å². The molecule has 4 rings (SSSR count). The third-order valence-electron chi connectivity index (χ3n) is 7.96. The predicted octanol–water partition coefficient (Wildman–Crippen LogP) is 5.90. The van der Waals surface area contributed by atoms with E-state index >= 15 is 0 Å². The van der Waals surface area contributed by atoms with E-state index in [1.54, 1.807) is 23.1 Å². The van der Waals surface area contributed by atoms with Crippen molar-refractivity contribution in [3.63, 3.8) is 0 Å². The van der Waals surface area contributed by atoms with Crippen LogP contribution in [0.5, 0.6) is 0 Å². The first kappa shape index (κ1) is 32.3. The fourth-order valence-electron chi connectivity index (χ4n) is 5.96. The predicted molar refractivity (Wildman–Crippen MR) is 165 cm³/mol. The summed E-state index contributed by atoms with van der Waals surface area (Å²) in [5, 5.41) is 17.7. The van der Waals surface area contributed by atoms with E-state index in [9.17, 15) is 23.5 Å². The minimum Gasteiger partial charge on any atom is -0.390 e. The van der Waals surface area contributed by atoms with Crippen molar-refractivity contribution in [2.45, 2.75) is 77.5 Å². The van der Waals surface area contributed by atoms with Crippen molar-refractivity contribution in [2.24, 2.45) is 0 Å². The van der Waals surface area contributed by atoms with Gasteiger partial charge in [0.15, 0.2) is 0 Å². The number of aliphatic hydroxyl groups excluding tert-OH is 1. The number of benzene rings is 3. The average molecular weight is 592 g/mol. The molecule has 3 atom stereocenters. The summed E-state index contributed by atoms with van der Waals surface area (Å²) >= 11 is 0. The second-order valence-electron chi connectivity index (χ2n) is 11.6. The zero-order valence-corrected chi connectivity index (χ0v) is 25.3. The SMILES string of the molecule is CCCN(CCC)C(=O)c1cc(C)cc(C(=O)N[C@@H](Cc2cc(F)cc(F)c2)[C@H](O)CN[C@H]2CCCc3ccccc32)c1. The molecule has 0 bridgehead atoms. The summed E-state index contributed by atoms with van der Waals surface area (Å²) in [7, 11) is 0. The van der Waals surface area contributed by atoms with Gasteiger partial charge in [0.2, 0.25) is 0 Å². The number of halogens is 2. The molecule has 0 fully saturated rings. The minimum absolute atomic E-state index is 0.0168. The van der Waals surface area contributed by atoms with Crippen LogP contribution in [0.25, 0.3) is 0 Å². The fraction of sp³-hybridized carbons (Fsp3) is 0.429. The molecule has 43 heavy (non-hydrogen) atoms. The Hall–Kier alpha value is -3.62. The lowest BCUT2D eigenvalue weighted by molar-refractivity contribution is 0.0755. The monoisotopic (exact) mass is 591 g/mol.